The number of benzene rings is 1. The van der Waals surface area contributed by atoms with E-state index in [1.54, 1.807) is 0 Å². The van der Waals surface area contributed by atoms with Crippen LogP contribution in [0.1, 0.15) is 57.6 Å². The lowest BCUT2D eigenvalue weighted by molar-refractivity contribution is -0.0233. The first-order chi connectivity index (χ1) is 10.2. The van der Waals surface area contributed by atoms with Crippen molar-refractivity contribution in [3.8, 4) is 0 Å². The van der Waals surface area contributed by atoms with E-state index in [0.29, 0.717) is 17.5 Å². The van der Waals surface area contributed by atoms with Gasteiger partial charge in [0, 0.05) is 31.2 Å². The summed E-state index contributed by atoms with van der Waals surface area (Å²) in [6.07, 6.45) is 6.97. The van der Waals surface area contributed by atoms with Crippen LogP contribution in [0.3, 0.4) is 0 Å². The SMILES string of the molecule is CC(C)C(c1ccccc1)N1CCNCC12CCCCC2. The summed E-state index contributed by atoms with van der Waals surface area (Å²) in [4.78, 5) is 2.86. The van der Waals surface area contributed by atoms with Gasteiger partial charge in [-0.1, -0.05) is 63.4 Å². The molecule has 0 bridgehead atoms. The van der Waals surface area contributed by atoms with Crippen LogP contribution in [0.25, 0.3) is 0 Å². The molecule has 0 aromatic heterocycles. The third kappa shape index (κ3) is 3.02. The van der Waals surface area contributed by atoms with Crippen molar-refractivity contribution in [3.63, 3.8) is 0 Å². The van der Waals surface area contributed by atoms with E-state index in [1.165, 1.54) is 50.8 Å². The fourth-order valence-electron chi connectivity index (χ4n) is 4.54. The van der Waals surface area contributed by atoms with E-state index >= 15 is 0 Å². The number of piperazine rings is 1. The minimum absolute atomic E-state index is 0.404. The molecule has 1 N–H and O–H groups in total. The van der Waals surface area contributed by atoms with Crippen molar-refractivity contribution in [2.45, 2.75) is 57.5 Å². The van der Waals surface area contributed by atoms with Gasteiger partial charge in [0.15, 0.2) is 0 Å². The van der Waals surface area contributed by atoms with Gasteiger partial charge in [-0.2, -0.15) is 0 Å². The molecule has 1 spiro atoms. The minimum atomic E-state index is 0.404. The van der Waals surface area contributed by atoms with Gasteiger partial charge in [-0.15, -0.1) is 0 Å². The van der Waals surface area contributed by atoms with Crippen LogP contribution in [0, 0.1) is 5.92 Å². The van der Waals surface area contributed by atoms with Crippen molar-refractivity contribution >= 4 is 0 Å². The van der Waals surface area contributed by atoms with Crippen LogP contribution in [0.15, 0.2) is 30.3 Å². The van der Waals surface area contributed by atoms with E-state index < -0.39 is 0 Å². The predicted octanol–water partition coefficient (Wildman–Crippen LogP) is 3.99. The van der Waals surface area contributed by atoms with Crippen LogP contribution in [0.5, 0.6) is 0 Å². The second-order valence-corrected chi connectivity index (χ2v) is 7.25. The molecular formula is C19H30N2. The molecule has 0 amide bonds. The number of nitrogens with one attached hydrogen (secondary N) is 1. The van der Waals surface area contributed by atoms with Gasteiger partial charge in [-0.05, 0) is 24.3 Å². The highest BCUT2D eigenvalue weighted by atomic mass is 15.3. The Morgan fingerprint density at radius 1 is 1.05 bits per heavy atom. The fourth-order valence-corrected chi connectivity index (χ4v) is 4.54. The molecule has 2 nitrogen and oxygen atoms in total. The van der Waals surface area contributed by atoms with Crippen LogP contribution < -0.4 is 5.32 Å². The molecule has 1 saturated heterocycles. The normalized spacial score (nSPS) is 24.3. The summed E-state index contributed by atoms with van der Waals surface area (Å²) >= 11 is 0. The van der Waals surface area contributed by atoms with E-state index in [-0.39, 0.29) is 0 Å². The second kappa shape index (κ2) is 6.50. The van der Waals surface area contributed by atoms with Crippen LogP contribution in [-0.2, 0) is 0 Å². The fraction of sp³-hybridized carbons (Fsp3) is 0.684. The summed E-state index contributed by atoms with van der Waals surface area (Å²) in [6, 6.07) is 11.7. The molecule has 116 valence electrons. The first-order valence-corrected chi connectivity index (χ1v) is 8.75. The van der Waals surface area contributed by atoms with Crippen molar-refractivity contribution in [2.24, 2.45) is 5.92 Å². The molecule has 1 heterocycles. The van der Waals surface area contributed by atoms with E-state index in [0.717, 1.165) is 6.54 Å². The molecule has 1 aromatic rings. The maximum Gasteiger partial charge on any atom is 0.0377 e. The summed E-state index contributed by atoms with van der Waals surface area (Å²) in [7, 11) is 0. The highest BCUT2D eigenvalue weighted by molar-refractivity contribution is 5.21. The topological polar surface area (TPSA) is 15.3 Å². The Hall–Kier alpha value is -0.860. The van der Waals surface area contributed by atoms with Gasteiger partial charge in [0.2, 0.25) is 0 Å². The van der Waals surface area contributed by atoms with E-state index in [2.05, 4.69) is 54.4 Å². The quantitative estimate of drug-likeness (QED) is 0.904. The van der Waals surface area contributed by atoms with Crippen molar-refractivity contribution in [2.75, 3.05) is 19.6 Å². The maximum absolute atomic E-state index is 3.68. The first-order valence-electron chi connectivity index (χ1n) is 8.75. The maximum atomic E-state index is 3.68. The molecule has 2 fully saturated rings. The van der Waals surface area contributed by atoms with Gasteiger partial charge >= 0.3 is 0 Å². The van der Waals surface area contributed by atoms with Crippen molar-refractivity contribution < 1.29 is 0 Å². The van der Waals surface area contributed by atoms with Gasteiger partial charge < -0.3 is 5.32 Å². The lowest BCUT2D eigenvalue weighted by atomic mass is 9.76. The molecule has 0 radical (unpaired) electrons. The lowest BCUT2D eigenvalue weighted by Gasteiger charge is -2.54. The Labute approximate surface area is 129 Å². The summed E-state index contributed by atoms with van der Waals surface area (Å²) in [5.41, 5.74) is 1.90. The summed E-state index contributed by atoms with van der Waals surface area (Å²) in [5.74, 6) is 0.657. The van der Waals surface area contributed by atoms with E-state index in [9.17, 15) is 0 Å². The highest BCUT2D eigenvalue weighted by Gasteiger charge is 2.43. The largest absolute Gasteiger partial charge is 0.314 e. The minimum Gasteiger partial charge on any atom is -0.314 e. The molecule has 1 atom stereocenters. The molecular weight excluding hydrogens is 256 g/mol. The van der Waals surface area contributed by atoms with E-state index in [1.807, 2.05) is 0 Å². The Balaban J connectivity index is 1.92. The Bertz CT molecular complexity index is 426. The summed E-state index contributed by atoms with van der Waals surface area (Å²) < 4.78 is 0. The summed E-state index contributed by atoms with van der Waals surface area (Å²) in [6.45, 7) is 8.28. The van der Waals surface area contributed by atoms with Crippen molar-refractivity contribution in [3.05, 3.63) is 35.9 Å². The number of nitrogens with zero attached hydrogens (tertiary/aromatic N) is 1. The highest BCUT2D eigenvalue weighted by Crippen LogP contribution is 2.42. The third-order valence-corrected chi connectivity index (χ3v) is 5.49. The van der Waals surface area contributed by atoms with Crippen LogP contribution >= 0.6 is 0 Å². The zero-order valence-electron chi connectivity index (χ0n) is 13.6. The molecule has 1 unspecified atom stereocenters. The molecule has 1 aliphatic heterocycles. The second-order valence-electron chi connectivity index (χ2n) is 7.25. The van der Waals surface area contributed by atoms with Crippen LogP contribution in [0.2, 0.25) is 0 Å². The average Bonchev–Trinajstić information content (AvgIpc) is 2.51. The van der Waals surface area contributed by atoms with Crippen molar-refractivity contribution in [1.29, 1.82) is 0 Å². The van der Waals surface area contributed by atoms with Gasteiger partial charge in [0.25, 0.3) is 0 Å². The average molecular weight is 286 g/mol. The summed E-state index contributed by atoms with van der Waals surface area (Å²) in [5, 5.41) is 3.68. The van der Waals surface area contributed by atoms with Gasteiger partial charge in [-0.3, -0.25) is 4.90 Å². The smallest absolute Gasteiger partial charge is 0.0377 e. The predicted molar refractivity (Wildman–Crippen MR) is 89.4 cm³/mol. The lowest BCUT2D eigenvalue weighted by Crippen LogP contribution is -2.63. The molecule has 1 saturated carbocycles. The third-order valence-electron chi connectivity index (χ3n) is 5.49. The van der Waals surface area contributed by atoms with Crippen LogP contribution in [-0.4, -0.2) is 30.1 Å². The number of hydrogen-bond acceptors (Lipinski definition) is 2. The molecule has 1 aliphatic carbocycles. The number of rotatable bonds is 3. The van der Waals surface area contributed by atoms with E-state index in [4.69, 9.17) is 0 Å². The molecule has 21 heavy (non-hydrogen) atoms. The van der Waals surface area contributed by atoms with Gasteiger partial charge in [0.1, 0.15) is 0 Å². The zero-order valence-corrected chi connectivity index (χ0v) is 13.6. The molecule has 3 rings (SSSR count). The Morgan fingerprint density at radius 3 is 2.43 bits per heavy atom. The Kier molecular flexibility index (Phi) is 4.66. The molecule has 2 aliphatic rings. The molecule has 2 heteroatoms. The van der Waals surface area contributed by atoms with Gasteiger partial charge in [0.05, 0.1) is 0 Å². The van der Waals surface area contributed by atoms with Crippen LogP contribution in [0.4, 0.5) is 0 Å². The number of hydrogen-bond donors (Lipinski definition) is 1. The van der Waals surface area contributed by atoms with Gasteiger partial charge in [-0.25, -0.2) is 0 Å². The zero-order chi connectivity index (χ0) is 14.7. The Morgan fingerprint density at radius 2 is 1.76 bits per heavy atom. The molecule has 1 aromatic carbocycles. The standard InChI is InChI=1S/C19H30N2/c1-16(2)18(17-9-5-3-6-10-17)21-14-13-20-15-19(21)11-7-4-8-12-19/h3,5-6,9-10,16,18,20H,4,7-8,11-15H2,1-2H3. The monoisotopic (exact) mass is 286 g/mol. The first kappa shape index (κ1) is 15.1. The van der Waals surface area contributed by atoms with Crippen molar-refractivity contribution in [1.82, 2.24) is 10.2 Å².